The van der Waals surface area contributed by atoms with Crippen molar-refractivity contribution in [3.8, 4) is 27.9 Å². The fourth-order valence-corrected chi connectivity index (χ4v) is 22.8. The maximum atomic E-state index is 9.91. The molecule has 3 nitrogen and oxygen atoms in total. The van der Waals surface area contributed by atoms with Gasteiger partial charge < -0.3 is 14.4 Å². The van der Waals surface area contributed by atoms with E-state index in [0.29, 0.717) is 17.5 Å². The van der Waals surface area contributed by atoms with Gasteiger partial charge in [0.15, 0.2) is 8.07 Å². The zero-order valence-corrected chi connectivity index (χ0v) is 60.9. The maximum absolute atomic E-state index is 9.91. The number of hydrogen-bond donors (Lipinski definition) is 0. The summed E-state index contributed by atoms with van der Waals surface area (Å²) in [6.45, 7) is 20.9. The van der Waals surface area contributed by atoms with Crippen molar-refractivity contribution in [3.05, 3.63) is 307 Å². The number of fused-ring (bicyclic) bond motifs is 7. The Hall–Kier alpha value is -9.68. The standard InChI is InChI=1S/C96H94BN3Si/c1-94(2,3)69-57-79(65-35-17-10-18-36-65)92(80(58-69)66-37-19-11-20-38-66)99-87-63-72(98-85-51-33-31-49-77(85)78-50-32-34-52-86(78)98)53-55-83(87)97-84-56-54-76(101(73-43-25-14-26-44-73,74-45-27-15-28-46-74)75-47-29-16-30-48-75)64-88(84)100(90-62-71(96(7,8)9)61-89(99)91(90)97)93-81(67-39-21-12-22-40-67)59-70(95(4,5)6)60-82(93)68-41-23-13-24-42-68/h10-12,14-21,25-38,41,43-59,61-64,67,70,82,93H,13,22-24,39-40,42,60H2,1-9H3/i31D,32D,33D,34D,49D,50D,51D,52D. The Morgan fingerprint density at radius 2 is 1.03 bits per heavy atom. The van der Waals surface area contributed by atoms with Crippen molar-refractivity contribution in [2.75, 3.05) is 9.80 Å². The number of para-hydroxylation sites is 2. The Bertz CT molecular complexity index is 5480. The first-order valence-electron chi connectivity index (χ1n) is 40.9. The summed E-state index contributed by atoms with van der Waals surface area (Å²) < 4.78 is 77.7. The molecule has 3 aliphatic carbocycles. The molecule has 0 radical (unpaired) electrons. The molecule has 0 N–H and O–H groups in total. The maximum Gasteiger partial charge on any atom is 0.252 e. The van der Waals surface area contributed by atoms with Gasteiger partial charge in [-0.1, -0.05) is 298 Å². The Morgan fingerprint density at radius 1 is 0.495 bits per heavy atom. The molecule has 5 aliphatic rings. The van der Waals surface area contributed by atoms with E-state index in [9.17, 15) is 8.22 Å². The minimum atomic E-state index is -3.25. The van der Waals surface area contributed by atoms with E-state index < -0.39 is 44.4 Å². The summed E-state index contributed by atoms with van der Waals surface area (Å²) in [6, 6.07) is 76.3. The lowest BCUT2D eigenvalue weighted by atomic mass is 9.33. The lowest BCUT2D eigenvalue weighted by Crippen LogP contribution is -2.75. The monoisotopic (exact) mass is 1340 g/mol. The van der Waals surface area contributed by atoms with E-state index in [0.717, 1.165) is 89.7 Å². The molecule has 11 aromatic carbocycles. The zero-order valence-electron chi connectivity index (χ0n) is 67.9. The summed E-state index contributed by atoms with van der Waals surface area (Å²) in [5.74, 6) is 0.785. The van der Waals surface area contributed by atoms with Crippen LogP contribution in [0.5, 0.6) is 0 Å². The third-order valence-electron chi connectivity index (χ3n) is 23.2. The molecule has 500 valence electrons. The summed E-state index contributed by atoms with van der Waals surface area (Å²) in [4.78, 5) is 5.50. The highest BCUT2D eigenvalue weighted by Crippen LogP contribution is 2.56. The molecular formula is C96H94BN3Si. The van der Waals surface area contributed by atoms with Crippen molar-refractivity contribution < 1.29 is 11.0 Å². The normalized spacial score (nSPS) is 19.6. The van der Waals surface area contributed by atoms with Crippen LogP contribution in [0.1, 0.15) is 136 Å². The van der Waals surface area contributed by atoms with Crippen molar-refractivity contribution in [2.45, 2.75) is 131 Å². The van der Waals surface area contributed by atoms with E-state index >= 15 is 0 Å². The number of anilines is 5. The summed E-state index contributed by atoms with van der Waals surface area (Å²) in [7, 11) is -3.25. The first-order valence-corrected chi connectivity index (χ1v) is 38.9. The number of rotatable bonds is 11. The van der Waals surface area contributed by atoms with Crippen molar-refractivity contribution in [3.63, 3.8) is 0 Å². The highest BCUT2D eigenvalue weighted by atomic mass is 28.3. The van der Waals surface area contributed by atoms with Crippen molar-refractivity contribution in [1.82, 2.24) is 4.57 Å². The van der Waals surface area contributed by atoms with E-state index in [2.05, 4.69) is 303 Å². The predicted molar refractivity (Wildman–Crippen MR) is 437 cm³/mol. The van der Waals surface area contributed by atoms with E-state index in [1.807, 2.05) is 6.07 Å². The van der Waals surface area contributed by atoms with Crippen LogP contribution in [0.2, 0.25) is 0 Å². The smallest absolute Gasteiger partial charge is 0.252 e. The van der Waals surface area contributed by atoms with Gasteiger partial charge in [0.05, 0.1) is 33.7 Å². The molecule has 17 rings (SSSR count). The Kier molecular flexibility index (Phi) is 14.1. The number of allylic oxidation sites excluding steroid dienone is 4. The molecular weight excluding hydrogens is 1230 g/mol. The first-order chi connectivity index (χ1) is 52.4. The second kappa shape index (κ2) is 25.4. The first kappa shape index (κ1) is 56.0. The molecule has 101 heavy (non-hydrogen) atoms. The molecule has 0 spiro atoms. The van der Waals surface area contributed by atoms with E-state index in [1.54, 1.807) is 15.7 Å². The molecule has 12 aromatic rings. The van der Waals surface area contributed by atoms with Gasteiger partial charge in [-0.2, -0.15) is 0 Å². The van der Waals surface area contributed by atoms with Crippen LogP contribution in [0.4, 0.5) is 28.4 Å². The van der Waals surface area contributed by atoms with Gasteiger partial charge in [-0.15, -0.1) is 0 Å². The van der Waals surface area contributed by atoms with Gasteiger partial charge in [-0.25, -0.2) is 0 Å². The highest BCUT2D eigenvalue weighted by Gasteiger charge is 2.52. The topological polar surface area (TPSA) is 11.4 Å². The van der Waals surface area contributed by atoms with Gasteiger partial charge in [-0.05, 0) is 199 Å². The summed E-state index contributed by atoms with van der Waals surface area (Å²) >= 11 is 0. The molecule has 5 heteroatoms. The molecule has 0 saturated carbocycles. The van der Waals surface area contributed by atoms with Gasteiger partial charge in [-0.3, -0.25) is 0 Å². The number of hydrogen-bond acceptors (Lipinski definition) is 2. The largest absolute Gasteiger partial charge is 0.334 e. The third kappa shape index (κ3) is 11.1. The Morgan fingerprint density at radius 3 is 1.56 bits per heavy atom. The summed E-state index contributed by atoms with van der Waals surface area (Å²) in [5.41, 5.74) is 18.1. The van der Waals surface area contributed by atoms with Crippen LogP contribution in [-0.2, 0) is 10.8 Å². The van der Waals surface area contributed by atoms with E-state index in [4.69, 9.17) is 2.74 Å². The molecule has 2 aliphatic heterocycles. The van der Waals surface area contributed by atoms with Gasteiger partial charge in [0, 0.05) is 56.3 Å². The second-order valence-corrected chi connectivity index (χ2v) is 36.1. The minimum Gasteiger partial charge on any atom is -0.334 e. The zero-order chi connectivity index (χ0) is 75.9. The lowest BCUT2D eigenvalue weighted by molar-refractivity contribution is 0.220. The second-order valence-electron chi connectivity index (χ2n) is 32.3. The van der Waals surface area contributed by atoms with Crippen molar-refractivity contribution in [1.29, 1.82) is 0 Å². The fourth-order valence-electron chi connectivity index (χ4n) is 18.1. The average Bonchev–Trinajstić information content (AvgIpc) is 0.942. The van der Waals surface area contributed by atoms with Crippen molar-refractivity contribution in [2.24, 2.45) is 23.2 Å². The molecule has 4 unspecified atom stereocenters. The number of aromatic nitrogens is 1. The molecule has 0 saturated heterocycles. The van der Waals surface area contributed by atoms with Crippen LogP contribution < -0.4 is 46.9 Å². The van der Waals surface area contributed by atoms with Crippen LogP contribution in [-0.4, -0.2) is 25.4 Å². The Balaban J connectivity index is 1.08. The van der Waals surface area contributed by atoms with Crippen LogP contribution in [0.3, 0.4) is 0 Å². The average molecular weight is 1340 g/mol. The summed E-state index contributed by atoms with van der Waals surface area (Å²) in [5, 5.41) is 5.25. The van der Waals surface area contributed by atoms with E-state index in [1.165, 1.54) is 60.6 Å². The van der Waals surface area contributed by atoms with Gasteiger partial charge in [0.25, 0.3) is 6.71 Å². The van der Waals surface area contributed by atoms with Gasteiger partial charge in [0.1, 0.15) is 0 Å². The SMILES string of the molecule is [2H]c1c([2H])c([2H])c2c(c1[2H])c1c([2H])c([2H])c([2H])c([2H])c1n2-c1ccc2c(c1)N(c1c(-c3ccccc3)cc(C(C)(C)C)cc1-c1ccccc1)c1cc(C(C)(C)C)cc3c1B2c1ccc([Si](c2ccccc2)(c2ccccc2)c2ccccc2)cc1N3C1C(C2CC=CCC2)=CC(C(C)(C)C)CC1C1=CCCCC1. The molecule has 0 amide bonds. The van der Waals surface area contributed by atoms with Crippen molar-refractivity contribution >= 4 is 102 Å². The van der Waals surface area contributed by atoms with Crippen LogP contribution >= 0.6 is 0 Å². The van der Waals surface area contributed by atoms with Crippen LogP contribution in [0, 0.1) is 23.2 Å². The summed E-state index contributed by atoms with van der Waals surface area (Å²) in [6.07, 6.45) is 18.9. The number of benzene rings is 11. The number of nitrogens with zero attached hydrogens (tertiary/aromatic N) is 3. The van der Waals surface area contributed by atoms with Crippen LogP contribution in [0.15, 0.2) is 296 Å². The molecule has 1 aromatic heterocycles. The quantitative estimate of drug-likeness (QED) is 0.0726. The van der Waals surface area contributed by atoms with E-state index in [-0.39, 0.29) is 68.8 Å². The fraction of sp³-hybridized carbons (Fsp3) is 0.250. The van der Waals surface area contributed by atoms with Crippen LogP contribution in [0.25, 0.3) is 49.7 Å². The molecule has 4 atom stereocenters. The minimum absolute atomic E-state index is 0.0127. The highest BCUT2D eigenvalue weighted by molar-refractivity contribution is 7.20. The molecule has 0 bridgehead atoms. The Labute approximate surface area is 613 Å². The molecule has 3 heterocycles. The predicted octanol–water partition coefficient (Wildman–Crippen LogP) is 20.7. The van der Waals surface area contributed by atoms with Gasteiger partial charge >= 0.3 is 0 Å². The molecule has 0 fully saturated rings. The van der Waals surface area contributed by atoms with Gasteiger partial charge in [0.2, 0.25) is 0 Å². The third-order valence-corrected chi connectivity index (χ3v) is 28.0. The lowest BCUT2D eigenvalue weighted by Gasteiger charge is -2.53.